The Morgan fingerprint density at radius 3 is 2.85 bits per heavy atom. The highest BCUT2D eigenvalue weighted by Crippen LogP contribution is 2.47. The average molecular weight is 275 g/mol. The second-order valence-corrected chi connectivity index (χ2v) is 5.21. The van der Waals surface area contributed by atoms with E-state index in [1.807, 2.05) is 12.1 Å². The maximum atomic E-state index is 10.8. The lowest BCUT2D eigenvalue weighted by atomic mass is 9.87. The minimum absolute atomic E-state index is 0.253. The molecule has 0 bridgehead atoms. The summed E-state index contributed by atoms with van der Waals surface area (Å²) in [5, 5.41) is 0. The maximum Gasteiger partial charge on any atom is 0.235 e. The average Bonchev–Trinajstić information content (AvgIpc) is 2.96. The zero-order valence-corrected chi connectivity index (χ0v) is 11.5. The van der Waals surface area contributed by atoms with Crippen LogP contribution in [0.15, 0.2) is 17.1 Å². The van der Waals surface area contributed by atoms with Gasteiger partial charge in [-0.2, -0.15) is 4.99 Å². The van der Waals surface area contributed by atoms with Crippen LogP contribution in [0.2, 0.25) is 0 Å². The fourth-order valence-corrected chi connectivity index (χ4v) is 3.13. The monoisotopic (exact) mass is 275 g/mol. The van der Waals surface area contributed by atoms with E-state index in [0.29, 0.717) is 6.61 Å². The summed E-state index contributed by atoms with van der Waals surface area (Å²) in [7, 11) is 1.63. The van der Waals surface area contributed by atoms with Gasteiger partial charge >= 0.3 is 0 Å². The third-order valence-electron chi connectivity index (χ3n) is 4.13. The highest BCUT2D eigenvalue weighted by Gasteiger charge is 2.39. The number of aliphatic imine (C=N–C) groups is 1. The molecule has 1 aromatic carbocycles. The number of fused-ring (bicyclic) bond motifs is 1. The van der Waals surface area contributed by atoms with Crippen LogP contribution in [-0.4, -0.2) is 20.0 Å². The molecule has 1 aliphatic carbocycles. The Hall–Kier alpha value is -1.84. The van der Waals surface area contributed by atoms with E-state index in [1.165, 1.54) is 0 Å². The molecule has 0 atom stereocenters. The number of isocyanates is 1. The Labute approximate surface area is 117 Å². The lowest BCUT2D eigenvalue weighted by Gasteiger charge is -2.28. The van der Waals surface area contributed by atoms with Crippen molar-refractivity contribution in [3.05, 3.63) is 23.3 Å². The molecule has 1 heterocycles. The first-order valence-corrected chi connectivity index (χ1v) is 6.80. The Morgan fingerprint density at radius 1 is 1.35 bits per heavy atom. The molecule has 2 aliphatic rings. The molecule has 1 fully saturated rings. The molecule has 0 radical (unpaired) electrons. The van der Waals surface area contributed by atoms with E-state index in [-0.39, 0.29) is 6.79 Å². The van der Waals surface area contributed by atoms with Crippen LogP contribution in [0.25, 0.3) is 0 Å². The van der Waals surface area contributed by atoms with Gasteiger partial charge in [-0.05, 0) is 25.0 Å². The van der Waals surface area contributed by atoms with Crippen LogP contribution in [-0.2, 0) is 21.7 Å². The topological polar surface area (TPSA) is 57.1 Å². The maximum absolute atomic E-state index is 10.8. The predicted molar refractivity (Wildman–Crippen MR) is 71.5 cm³/mol. The van der Waals surface area contributed by atoms with Gasteiger partial charge in [0.15, 0.2) is 6.79 Å². The van der Waals surface area contributed by atoms with Gasteiger partial charge in [-0.25, -0.2) is 4.79 Å². The van der Waals surface area contributed by atoms with Crippen molar-refractivity contribution in [2.75, 3.05) is 13.9 Å². The van der Waals surface area contributed by atoms with Gasteiger partial charge in [-0.1, -0.05) is 12.8 Å². The number of ether oxygens (including phenoxy) is 3. The molecule has 106 valence electrons. The van der Waals surface area contributed by atoms with Gasteiger partial charge in [0.25, 0.3) is 0 Å². The van der Waals surface area contributed by atoms with Crippen molar-refractivity contribution in [3.8, 4) is 11.5 Å². The van der Waals surface area contributed by atoms with E-state index < -0.39 is 5.54 Å². The quantitative estimate of drug-likeness (QED) is 0.628. The molecule has 3 rings (SSSR count). The molecule has 5 nitrogen and oxygen atoms in total. The molecule has 5 heteroatoms. The van der Waals surface area contributed by atoms with E-state index in [0.717, 1.165) is 48.3 Å². The highest BCUT2D eigenvalue weighted by molar-refractivity contribution is 5.52. The zero-order valence-electron chi connectivity index (χ0n) is 11.5. The van der Waals surface area contributed by atoms with Crippen molar-refractivity contribution >= 4 is 6.08 Å². The minimum Gasteiger partial charge on any atom is -0.496 e. The van der Waals surface area contributed by atoms with Crippen LogP contribution in [0.3, 0.4) is 0 Å². The van der Waals surface area contributed by atoms with Crippen molar-refractivity contribution in [3.63, 3.8) is 0 Å². The van der Waals surface area contributed by atoms with Crippen LogP contribution < -0.4 is 9.47 Å². The zero-order chi connectivity index (χ0) is 14.0. The van der Waals surface area contributed by atoms with Crippen molar-refractivity contribution < 1.29 is 19.0 Å². The summed E-state index contributed by atoms with van der Waals surface area (Å²) in [5.41, 5.74) is 1.37. The number of methoxy groups -OCH3 is 1. The molecule has 1 aliphatic heterocycles. The normalized spacial score (nSPS) is 19.6. The number of benzene rings is 1. The number of rotatable bonds is 3. The molecule has 0 N–H and O–H groups in total. The fraction of sp³-hybridized carbons (Fsp3) is 0.533. The molecule has 0 spiro atoms. The van der Waals surface area contributed by atoms with Crippen molar-refractivity contribution in [2.45, 2.75) is 37.8 Å². The summed E-state index contributed by atoms with van der Waals surface area (Å²) in [6.45, 7) is 0.763. The number of hydrogen-bond acceptors (Lipinski definition) is 5. The molecule has 0 aromatic heterocycles. The molecule has 0 unspecified atom stereocenters. The molecule has 0 amide bonds. The standard InChI is InChI=1S/C15H17NO4/c1-18-14-6-11-8-19-10-20-13(11)7-12(14)15(16-9-17)4-2-3-5-15/h6-7H,2-5,8,10H2,1H3. The van der Waals surface area contributed by atoms with Crippen LogP contribution in [0.1, 0.15) is 36.8 Å². The van der Waals surface area contributed by atoms with E-state index in [2.05, 4.69) is 4.99 Å². The van der Waals surface area contributed by atoms with Gasteiger partial charge in [-0.15, -0.1) is 0 Å². The predicted octanol–water partition coefficient (Wildman–Crippen LogP) is 2.67. The molecular weight excluding hydrogens is 258 g/mol. The summed E-state index contributed by atoms with van der Waals surface area (Å²) in [4.78, 5) is 15.0. The molecule has 0 saturated heterocycles. The molecule has 1 aromatic rings. The Morgan fingerprint density at radius 2 is 2.15 bits per heavy atom. The van der Waals surface area contributed by atoms with Gasteiger partial charge in [-0.3, -0.25) is 0 Å². The van der Waals surface area contributed by atoms with Gasteiger partial charge in [0, 0.05) is 11.1 Å². The van der Waals surface area contributed by atoms with Crippen molar-refractivity contribution in [2.24, 2.45) is 4.99 Å². The van der Waals surface area contributed by atoms with E-state index in [1.54, 1.807) is 13.2 Å². The lowest BCUT2D eigenvalue weighted by Crippen LogP contribution is -2.21. The Bertz CT molecular complexity index is 557. The summed E-state index contributed by atoms with van der Waals surface area (Å²) < 4.78 is 16.3. The SMILES string of the molecule is COc1cc2c(cc1C1(N=C=O)CCCC1)OCOC2. The number of nitrogens with zero attached hydrogens (tertiary/aromatic N) is 1. The third-order valence-corrected chi connectivity index (χ3v) is 4.13. The Kier molecular flexibility index (Phi) is 3.47. The van der Waals surface area contributed by atoms with Crippen LogP contribution in [0.4, 0.5) is 0 Å². The minimum atomic E-state index is -0.510. The van der Waals surface area contributed by atoms with Crippen LogP contribution >= 0.6 is 0 Å². The van der Waals surface area contributed by atoms with Crippen LogP contribution in [0.5, 0.6) is 11.5 Å². The van der Waals surface area contributed by atoms with E-state index >= 15 is 0 Å². The van der Waals surface area contributed by atoms with Gasteiger partial charge in [0.1, 0.15) is 17.0 Å². The van der Waals surface area contributed by atoms with Gasteiger partial charge in [0.05, 0.1) is 13.7 Å². The van der Waals surface area contributed by atoms with Crippen molar-refractivity contribution in [1.82, 2.24) is 0 Å². The number of carbonyl (C=O) groups excluding carboxylic acids is 1. The fourth-order valence-electron chi connectivity index (χ4n) is 3.13. The first-order chi connectivity index (χ1) is 9.79. The molecule has 1 saturated carbocycles. The highest BCUT2D eigenvalue weighted by atomic mass is 16.7. The smallest absolute Gasteiger partial charge is 0.235 e. The molecular formula is C15H17NO4. The van der Waals surface area contributed by atoms with Crippen molar-refractivity contribution in [1.29, 1.82) is 0 Å². The molecule has 20 heavy (non-hydrogen) atoms. The third kappa shape index (κ3) is 2.09. The largest absolute Gasteiger partial charge is 0.496 e. The first-order valence-electron chi connectivity index (χ1n) is 6.80. The summed E-state index contributed by atoms with van der Waals surface area (Å²) in [6.07, 6.45) is 5.52. The first kappa shape index (κ1) is 13.2. The van der Waals surface area contributed by atoms with Gasteiger partial charge < -0.3 is 14.2 Å². The second-order valence-electron chi connectivity index (χ2n) is 5.21. The lowest BCUT2D eigenvalue weighted by molar-refractivity contribution is -0.0166. The van der Waals surface area contributed by atoms with Gasteiger partial charge in [0.2, 0.25) is 6.08 Å². The summed E-state index contributed by atoms with van der Waals surface area (Å²) in [6, 6.07) is 3.87. The van der Waals surface area contributed by atoms with Crippen LogP contribution in [0, 0.1) is 0 Å². The number of hydrogen-bond donors (Lipinski definition) is 0. The second kappa shape index (κ2) is 5.27. The van der Waals surface area contributed by atoms with E-state index in [4.69, 9.17) is 14.2 Å². The van der Waals surface area contributed by atoms with E-state index in [9.17, 15) is 4.79 Å². The summed E-state index contributed by atoms with van der Waals surface area (Å²) >= 11 is 0. The Balaban J connectivity index is 2.13. The summed E-state index contributed by atoms with van der Waals surface area (Å²) in [5.74, 6) is 1.53.